The Balaban J connectivity index is 0.691. The van der Waals surface area contributed by atoms with E-state index in [0.29, 0.717) is 44.8 Å². The van der Waals surface area contributed by atoms with Crippen LogP contribution in [0.3, 0.4) is 0 Å². The first-order valence-corrected chi connectivity index (χ1v) is 28.7. The molecule has 4 aliphatic carbocycles. The van der Waals surface area contributed by atoms with E-state index in [-0.39, 0.29) is 63.2 Å². The second kappa shape index (κ2) is 22.6. The molecule has 17 heteroatoms. The van der Waals surface area contributed by atoms with E-state index in [4.69, 9.17) is 34.5 Å². The summed E-state index contributed by atoms with van der Waals surface area (Å²) in [7, 11) is 2.89. The fraction of sp³-hybridized carbons (Fsp3) is 0.704. The summed E-state index contributed by atoms with van der Waals surface area (Å²) in [6, 6.07) is 7.56. The standard InChI is InChI=1S/C54H77N5O10S2/c1-33(2)11-10-12-34(3)40-17-18-41-38-16-15-36-30-37(19-22-53(36,6)42(38)20-23-54(40,41)7)68-50(62)66-25-27-70-71-28-26-67-51(63)69-59-45(60)29-35(49(59)61)21-24-65-31-44-57-46-47(58(44)32-52(4,5)64)39-13-8-9-14-43(39)56-48(46)55/h8-9,13-15,33-35,37-38,40-42,64H,10-12,16-32H2,1-7H3,(H2,55,56). The number of anilines is 1. The maximum atomic E-state index is 13.1. The van der Waals surface area contributed by atoms with Crippen LogP contribution in [0.1, 0.15) is 138 Å². The number of pyridine rings is 1. The number of para-hydroxylation sites is 1. The van der Waals surface area contributed by atoms with Gasteiger partial charge < -0.3 is 34.4 Å². The Morgan fingerprint density at radius 2 is 1.68 bits per heavy atom. The van der Waals surface area contributed by atoms with Crippen molar-refractivity contribution in [3.05, 3.63) is 41.7 Å². The van der Waals surface area contributed by atoms with E-state index in [1.165, 1.54) is 72.1 Å². The first kappa shape index (κ1) is 53.2. The highest BCUT2D eigenvalue weighted by molar-refractivity contribution is 8.76. The SMILES string of the molecule is CC(C)CCCC(C)C1CCC2C3CC=C4CC(OC(=O)OCCSSCCOC(=O)ON5C(=O)CC(CCOCc6nc7c(N)nc8ccccc8c7n6CC(C)(C)O)C5=O)CCC4(C)C3CCC12C. The zero-order chi connectivity index (χ0) is 50.7. The molecule has 3 aromatic rings. The number of ether oxygens (including phenoxy) is 4. The fourth-order valence-electron chi connectivity index (χ4n) is 13.4. The van der Waals surface area contributed by atoms with Crippen molar-refractivity contribution in [2.75, 3.05) is 37.1 Å². The molecule has 5 aliphatic rings. The number of fused-ring (bicyclic) bond motifs is 8. The second-order valence-electron chi connectivity index (χ2n) is 22.6. The number of imidazole rings is 1. The predicted molar refractivity (Wildman–Crippen MR) is 277 cm³/mol. The van der Waals surface area contributed by atoms with Gasteiger partial charge in [-0.05, 0) is 118 Å². The lowest BCUT2D eigenvalue weighted by atomic mass is 9.47. The van der Waals surface area contributed by atoms with E-state index in [9.17, 15) is 24.3 Å². The van der Waals surface area contributed by atoms with Crippen molar-refractivity contribution in [1.29, 1.82) is 0 Å². The van der Waals surface area contributed by atoms with Gasteiger partial charge in [-0.1, -0.05) is 110 Å². The maximum Gasteiger partial charge on any atom is 0.533 e. The van der Waals surface area contributed by atoms with Crippen LogP contribution in [0.5, 0.6) is 0 Å². The van der Waals surface area contributed by atoms with Crippen molar-refractivity contribution in [2.45, 2.75) is 157 Å². The summed E-state index contributed by atoms with van der Waals surface area (Å²) in [5.74, 6) is 4.41. The number of aliphatic hydroxyl groups is 1. The van der Waals surface area contributed by atoms with Crippen molar-refractivity contribution in [1.82, 2.24) is 19.6 Å². The third-order valence-corrected chi connectivity index (χ3v) is 19.2. The minimum atomic E-state index is -1.15. The Labute approximate surface area is 427 Å². The summed E-state index contributed by atoms with van der Waals surface area (Å²) in [6.07, 6.45) is 14.0. The quantitative estimate of drug-likeness (QED) is 0.0336. The molecule has 1 saturated heterocycles. The third-order valence-electron chi connectivity index (χ3n) is 16.8. The number of imide groups is 1. The lowest BCUT2D eigenvalue weighted by Gasteiger charge is -2.58. The second-order valence-corrected chi connectivity index (χ2v) is 25.3. The van der Waals surface area contributed by atoms with Gasteiger partial charge in [-0.25, -0.2) is 19.6 Å². The van der Waals surface area contributed by atoms with Crippen LogP contribution < -0.4 is 5.73 Å². The number of nitrogen functional groups attached to an aromatic ring is 1. The number of carbonyl (C=O) groups excluding carboxylic acids is 4. The minimum absolute atomic E-state index is 0.0149. The third kappa shape index (κ3) is 12.0. The molecule has 390 valence electrons. The molecule has 1 aromatic carbocycles. The normalized spacial score (nSPS) is 27.9. The molecular weight excluding hydrogens is 943 g/mol. The van der Waals surface area contributed by atoms with E-state index in [2.05, 4.69) is 45.7 Å². The summed E-state index contributed by atoms with van der Waals surface area (Å²) in [6.45, 7) is 16.3. The number of carbonyl (C=O) groups is 4. The Morgan fingerprint density at radius 1 is 0.930 bits per heavy atom. The van der Waals surface area contributed by atoms with Crippen LogP contribution >= 0.6 is 21.6 Å². The topological polar surface area (TPSA) is 195 Å². The molecule has 4 fully saturated rings. The van der Waals surface area contributed by atoms with E-state index in [1.54, 1.807) is 13.8 Å². The number of benzene rings is 1. The number of aromatic nitrogens is 3. The monoisotopic (exact) mass is 1020 g/mol. The van der Waals surface area contributed by atoms with Crippen molar-refractivity contribution >= 4 is 73.5 Å². The van der Waals surface area contributed by atoms with Gasteiger partial charge in [0.05, 0.1) is 29.1 Å². The Morgan fingerprint density at radius 3 is 2.42 bits per heavy atom. The average Bonchev–Trinajstić information content (AvgIpc) is 3.95. The molecule has 9 atom stereocenters. The van der Waals surface area contributed by atoms with Gasteiger partial charge in [0, 0.05) is 36.3 Å². The number of nitrogens with two attached hydrogens (primary N) is 1. The van der Waals surface area contributed by atoms with Gasteiger partial charge >= 0.3 is 12.3 Å². The van der Waals surface area contributed by atoms with Gasteiger partial charge in [-0.2, -0.15) is 0 Å². The van der Waals surface area contributed by atoms with Gasteiger partial charge in [0.15, 0.2) is 5.82 Å². The van der Waals surface area contributed by atoms with Crippen molar-refractivity contribution in [3.8, 4) is 0 Å². The van der Waals surface area contributed by atoms with Gasteiger partial charge in [0.25, 0.3) is 11.8 Å². The summed E-state index contributed by atoms with van der Waals surface area (Å²) < 4.78 is 24.3. The molecule has 2 amide bonds. The summed E-state index contributed by atoms with van der Waals surface area (Å²) in [4.78, 5) is 65.1. The largest absolute Gasteiger partial charge is 0.533 e. The smallest absolute Gasteiger partial charge is 0.433 e. The molecule has 0 bridgehead atoms. The molecule has 3 saturated carbocycles. The van der Waals surface area contributed by atoms with Crippen LogP contribution in [0.25, 0.3) is 21.9 Å². The molecule has 0 spiro atoms. The summed E-state index contributed by atoms with van der Waals surface area (Å²) >= 11 is 0. The van der Waals surface area contributed by atoms with Gasteiger partial charge in [-0.3, -0.25) is 14.4 Å². The Bertz CT molecular complexity index is 2440. The van der Waals surface area contributed by atoms with Crippen LogP contribution in [0.4, 0.5) is 15.4 Å². The summed E-state index contributed by atoms with van der Waals surface area (Å²) in [5, 5.41) is 12.0. The van der Waals surface area contributed by atoms with E-state index < -0.39 is 35.6 Å². The van der Waals surface area contributed by atoms with Crippen LogP contribution in [0, 0.1) is 52.3 Å². The molecule has 2 aromatic heterocycles. The highest BCUT2D eigenvalue weighted by Gasteiger charge is 2.59. The highest BCUT2D eigenvalue weighted by atomic mass is 33.1. The first-order valence-electron chi connectivity index (χ1n) is 26.2. The molecule has 3 N–H and O–H groups in total. The zero-order valence-electron chi connectivity index (χ0n) is 43.0. The van der Waals surface area contributed by atoms with Crippen LogP contribution in [-0.2, 0) is 46.5 Å². The van der Waals surface area contributed by atoms with E-state index in [0.717, 1.165) is 66.2 Å². The minimum Gasteiger partial charge on any atom is -0.433 e. The average molecular weight is 1020 g/mol. The zero-order valence-corrected chi connectivity index (χ0v) is 44.6. The number of hydrogen-bond donors (Lipinski definition) is 2. The lowest BCUT2D eigenvalue weighted by molar-refractivity contribution is -0.178. The fourth-order valence-corrected chi connectivity index (χ4v) is 15.1. The molecule has 9 unspecified atom stereocenters. The van der Waals surface area contributed by atoms with E-state index >= 15 is 0 Å². The number of nitrogens with zero attached hydrogens (tertiary/aromatic N) is 4. The van der Waals surface area contributed by atoms with Gasteiger partial charge in [-0.15, -0.1) is 0 Å². The van der Waals surface area contributed by atoms with Crippen LogP contribution in [0.2, 0.25) is 0 Å². The molecule has 8 rings (SSSR count). The van der Waals surface area contributed by atoms with Crippen molar-refractivity contribution in [3.63, 3.8) is 0 Å². The highest BCUT2D eigenvalue weighted by Crippen LogP contribution is 2.67. The Kier molecular flexibility index (Phi) is 16.9. The number of amides is 2. The molecule has 1 aliphatic heterocycles. The first-order chi connectivity index (χ1) is 33.9. The van der Waals surface area contributed by atoms with Gasteiger partial charge in [0.1, 0.15) is 37.3 Å². The van der Waals surface area contributed by atoms with Crippen LogP contribution in [-0.4, -0.2) is 91.9 Å². The van der Waals surface area contributed by atoms with Gasteiger partial charge in [0.2, 0.25) is 0 Å². The number of hydrogen-bond acceptors (Lipinski definition) is 15. The molecular formula is C54H77N5O10S2. The number of allylic oxidation sites excluding steroid dienone is 1. The molecule has 71 heavy (non-hydrogen) atoms. The maximum absolute atomic E-state index is 13.1. The van der Waals surface area contributed by atoms with Crippen molar-refractivity contribution in [2.24, 2.45) is 52.3 Å². The number of hydroxylamine groups is 2. The van der Waals surface area contributed by atoms with E-state index in [1.807, 2.05) is 28.8 Å². The predicted octanol–water partition coefficient (Wildman–Crippen LogP) is 11.2. The molecule has 3 heterocycles. The Hall–Kier alpha value is -4.06. The lowest BCUT2D eigenvalue weighted by Crippen LogP contribution is -2.51. The summed E-state index contributed by atoms with van der Waals surface area (Å²) in [5.41, 5.74) is 9.29. The van der Waals surface area contributed by atoms with Crippen LogP contribution in [0.15, 0.2) is 35.9 Å². The molecule has 0 radical (unpaired) electrons. The molecule has 15 nitrogen and oxygen atoms in total. The van der Waals surface area contributed by atoms with Crippen molar-refractivity contribution < 1.29 is 48.1 Å². The number of rotatable bonds is 21.